The molecule has 0 heterocycles. The van der Waals surface area contributed by atoms with Gasteiger partial charge in [-0.05, 0) is 38.5 Å². The molecule has 0 aliphatic heterocycles. The fourth-order valence-corrected chi connectivity index (χ4v) is 3.86. The lowest BCUT2D eigenvalue weighted by Crippen LogP contribution is -1.93. The van der Waals surface area contributed by atoms with Gasteiger partial charge < -0.3 is 5.11 Å². The number of allylic oxidation sites excluding steroid dienone is 4. The molecular weight excluding hydrogens is 368 g/mol. The average molecular weight is 421 g/mol. The van der Waals surface area contributed by atoms with Gasteiger partial charge in [0.2, 0.25) is 0 Å². The van der Waals surface area contributed by atoms with E-state index in [2.05, 4.69) is 31.2 Å². The molecule has 2 heteroatoms. The zero-order chi connectivity index (χ0) is 22.0. The molecule has 0 saturated heterocycles. The molecule has 0 radical (unpaired) electrons. The molecule has 0 aromatic carbocycles. The van der Waals surface area contributed by atoms with E-state index in [9.17, 15) is 4.79 Å². The highest BCUT2D eigenvalue weighted by Crippen LogP contribution is 2.12. The minimum Gasteiger partial charge on any atom is -0.481 e. The van der Waals surface area contributed by atoms with Crippen LogP contribution in [-0.4, -0.2) is 11.1 Å². The van der Waals surface area contributed by atoms with Crippen LogP contribution in [0.4, 0.5) is 0 Å². The molecule has 0 bridgehead atoms. The topological polar surface area (TPSA) is 37.3 Å². The van der Waals surface area contributed by atoms with Crippen LogP contribution < -0.4 is 0 Å². The molecular formula is C28H52O2. The van der Waals surface area contributed by atoms with Gasteiger partial charge in [-0.2, -0.15) is 0 Å². The quantitative estimate of drug-likeness (QED) is 0.125. The monoisotopic (exact) mass is 420 g/mol. The first-order chi connectivity index (χ1) is 14.8. The van der Waals surface area contributed by atoms with Crippen molar-refractivity contribution in [1.29, 1.82) is 0 Å². The molecule has 0 aromatic heterocycles. The summed E-state index contributed by atoms with van der Waals surface area (Å²) in [6.07, 6.45) is 37.0. The lowest BCUT2D eigenvalue weighted by molar-refractivity contribution is -0.137. The Morgan fingerprint density at radius 2 is 0.900 bits per heavy atom. The van der Waals surface area contributed by atoms with Gasteiger partial charge in [0.25, 0.3) is 0 Å². The molecule has 0 aliphatic rings. The standard InChI is InChI=1S/C28H52O2/c1-2-3-4-5-6-7-8-9-10-11-12-13-14-15-16-17-18-19-20-21-22-23-24-25-26-27-28(29)30/h13-14,16-17H,2-12,15,18-27H2,1H3,(H,29,30). The number of carboxylic acids is 1. The second-order valence-electron chi connectivity index (χ2n) is 8.91. The summed E-state index contributed by atoms with van der Waals surface area (Å²) < 4.78 is 0. The highest BCUT2D eigenvalue weighted by Gasteiger charge is 1.96. The van der Waals surface area contributed by atoms with Crippen LogP contribution in [0.3, 0.4) is 0 Å². The Kier molecular flexibility index (Phi) is 25.1. The third-order valence-corrected chi connectivity index (χ3v) is 5.84. The number of rotatable bonds is 24. The van der Waals surface area contributed by atoms with E-state index in [1.165, 1.54) is 116 Å². The zero-order valence-corrected chi connectivity index (χ0v) is 20.2. The first kappa shape index (κ1) is 28.9. The molecule has 0 aromatic rings. The summed E-state index contributed by atoms with van der Waals surface area (Å²) in [5.74, 6) is -0.660. The first-order valence-corrected chi connectivity index (χ1v) is 13.3. The molecule has 30 heavy (non-hydrogen) atoms. The average Bonchev–Trinajstić information content (AvgIpc) is 2.73. The molecule has 0 saturated carbocycles. The maximum atomic E-state index is 10.4. The first-order valence-electron chi connectivity index (χ1n) is 13.3. The molecule has 0 atom stereocenters. The van der Waals surface area contributed by atoms with E-state index in [-0.39, 0.29) is 0 Å². The molecule has 0 fully saturated rings. The van der Waals surface area contributed by atoms with Crippen LogP contribution >= 0.6 is 0 Å². The van der Waals surface area contributed by atoms with E-state index in [0.29, 0.717) is 6.42 Å². The maximum Gasteiger partial charge on any atom is 0.303 e. The molecule has 2 nitrogen and oxygen atoms in total. The predicted molar refractivity (Wildman–Crippen MR) is 133 cm³/mol. The van der Waals surface area contributed by atoms with Crippen LogP contribution in [0.1, 0.15) is 148 Å². The Hall–Kier alpha value is -1.05. The van der Waals surface area contributed by atoms with E-state index in [1.54, 1.807) is 0 Å². The number of unbranched alkanes of at least 4 members (excludes halogenated alkanes) is 18. The molecule has 0 aliphatic carbocycles. The summed E-state index contributed by atoms with van der Waals surface area (Å²) in [7, 11) is 0. The second kappa shape index (κ2) is 26.0. The number of hydrogen-bond acceptors (Lipinski definition) is 1. The van der Waals surface area contributed by atoms with Crippen LogP contribution in [0, 0.1) is 0 Å². The van der Waals surface area contributed by atoms with Gasteiger partial charge >= 0.3 is 5.97 Å². The lowest BCUT2D eigenvalue weighted by Gasteiger charge is -2.01. The molecule has 176 valence electrons. The van der Waals surface area contributed by atoms with Crippen molar-refractivity contribution < 1.29 is 9.90 Å². The minimum atomic E-state index is -0.660. The summed E-state index contributed by atoms with van der Waals surface area (Å²) >= 11 is 0. The minimum absolute atomic E-state index is 0.334. The van der Waals surface area contributed by atoms with Gasteiger partial charge in [0, 0.05) is 6.42 Å². The van der Waals surface area contributed by atoms with E-state index >= 15 is 0 Å². The normalized spacial score (nSPS) is 11.8. The fourth-order valence-electron chi connectivity index (χ4n) is 3.86. The Bertz CT molecular complexity index is 397. The van der Waals surface area contributed by atoms with E-state index < -0.39 is 5.97 Å². The van der Waals surface area contributed by atoms with E-state index in [0.717, 1.165) is 19.3 Å². The smallest absolute Gasteiger partial charge is 0.303 e. The van der Waals surface area contributed by atoms with Gasteiger partial charge in [0.1, 0.15) is 0 Å². The SMILES string of the molecule is CCCCCCCCCCCCC=CCC=CCCCCCCCCCCC(=O)O. The Labute approximate surface area is 188 Å². The Morgan fingerprint density at radius 3 is 1.30 bits per heavy atom. The van der Waals surface area contributed by atoms with Gasteiger partial charge in [0.15, 0.2) is 0 Å². The van der Waals surface area contributed by atoms with Crippen molar-refractivity contribution in [2.45, 2.75) is 148 Å². The Balaban J connectivity index is 3.17. The van der Waals surface area contributed by atoms with E-state index in [1.807, 2.05) is 0 Å². The van der Waals surface area contributed by atoms with Crippen molar-refractivity contribution in [2.24, 2.45) is 0 Å². The number of carbonyl (C=O) groups is 1. The fraction of sp³-hybridized carbons (Fsp3) is 0.821. The van der Waals surface area contributed by atoms with Gasteiger partial charge in [-0.1, -0.05) is 128 Å². The van der Waals surface area contributed by atoms with Crippen molar-refractivity contribution >= 4 is 5.97 Å². The maximum absolute atomic E-state index is 10.4. The van der Waals surface area contributed by atoms with Gasteiger partial charge in [-0.25, -0.2) is 0 Å². The highest BCUT2D eigenvalue weighted by atomic mass is 16.4. The van der Waals surface area contributed by atoms with Gasteiger partial charge in [-0.15, -0.1) is 0 Å². The van der Waals surface area contributed by atoms with Crippen LogP contribution in [0.5, 0.6) is 0 Å². The van der Waals surface area contributed by atoms with Crippen LogP contribution in [0.15, 0.2) is 24.3 Å². The summed E-state index contributed by atoms with van der Waals surface area (Å²) in [4.78, 5) is 10.4. The van der Waals surface area contributed by atoms with Gasteiger partial charge in [-0.3, -0.25) is 4.79 Å². The lowest BCUT2D eigenvalue weighted by atomic mass is 10.1. The predicted octanol–water partition coefficient (Wildman–Crippen LogP) is 9.79. The van der Waals surface area contributed by atoms with Crippen molar-refractivity contribution in [2.75, 3.05) is 0 Å². The van der Waals surface area contributed by atoms with Crippen LogP contribution in [0.2, 0.25) is 0 Å². The highest BCUT2D eigenvalue weighted by molar-refractivity contribution is 5.66. The summed E-state index contributed by atoms with van der Waals surface area (Å²) in [6, 6.07) is 0. The van der Waals surface area contributed by atoms with Gasteiger partial charge in [0.05, 0.1) is 0 Å². The Morgan fingerprint density at radius 1 is 0.533 bits per heavy atom. The largest absolute Gasteiger partial charge is 0.481 e. The molecule has 0 spiro atoms. The zero-order valence-electron chi connectivity index (χ0n) is 20.2. The molecule has 0 rings (SSSR count). The third kappa shape index (κ3) is 27.0. The second-order valence-corrected chi connectivity index (χ2v) is 8.91. The summed E-state index contributed by atoms with van der Waals surface area (Å²) in [5, 5.41) is 8.59. The molecule has 0 amide bonds. The van der Waals surface area contributed by atoms with Crippen LogP contribution in [0.25, 0.3) is 0 Å². The number of aliphatic carboxylic acids is 1. The van der Waals surface area contributed by atoms with Crippen molar-refractivity contribution in [1.82, 2.24) is 0 Å². The summed E-state index contributed by atoms with van der Waals surface area (Å²) in [6.45, 7) is 2.28. The molecule has 0 unspecified atom stereocenters. The third-order valence-electron chi connectivity index (χ3n) is 5.84. The molecule has 1 N–H and O–H groups in total. The van der Waals surface area contributed by atoms with Crippen LogP contribution in [-0.2, 0) is 4.79 Å². The van der Waals surface area contributed by atoms with E-state index in [4.69, 9.17) is 5.11 Å². The number of carboxylic acid groups (broad SMARTS) is 1. The van der Waals surface area contributed by atoms with Crippen molar-refractivity contribution in [3.63, 3.8) is 0 Å². The number of hydrogen-bond donors (Lipinski definition) is 1. The van der Waals surface area contributed by atoms with Crippen molar-refractivity contribution in [3.8, 4) is 0 Å². The van der Waals surface area contributed by atoms with Crippen molar-refractivity contribution in [3.05, 3.63) is 24.3 Å². The summed E-state index contributed by atoms with van der Waals surface area (Å²) in [5.41, 5.74) is 0.